The summed E-state index contributed by atoms with van der Waals surface area (Å²) in [5, 5.41) is 15.4. The molecule has 0 radical (unpaired) electrons. The number of H-pyrrole nitrogens is 1. The first-order valence-corrected chi connectivity index (χ1v) is 3.36. The van der Waals surface area contributed by atoms with E-state index in [1.54, 1.807) is 6.20 Å². The zero-order chi connectivity index (χ0) is 7.73. The van der Waals surface area contributed by atoms with Gasteiger partial charge in [0.15, 0.2) is 0 Å². The van der Waals surface area contributed by atoms with E-state index in [9.17, 15) is 0 Å². The van der Waals surface area contributed by atoms with Gasteiger partial charge in [-0.05, 0) is 6.07 Å². The molecule has 2 rings (SSSR count). The predicted octanol–water partition coefficient (Wildman–Crippen LogP) is 0.201. The van der Waals surface area contributed by atoms with Crippen LogP contribution in [0.25, 0.3) is 0 Å². The van der Waals surface area contributed by atoms with Crippen molar-refractivity contribution in [2.45, 2.75) is 5.41 Å². The first-order valence-electron chi connectivity index (χ1n) is 3.36. The van der Waals surface area contributed by atoms with Gasteiger partial charge in [-0.25, -0.2) is 0 Å². The number of nitrogens with zero attached hydrogens (tertiary/aromatic N) is 2. The van der Waals surface area contributed by atoms with Crippen molar-refractivity contribution in [2.24, 2.45) is 0 Å². The molecule has 0 saturated carbocycles. The maximum atomic E-state index is 8.83. The van der Waals surface area contributed by atoms with E-state index < -0.39 is 5.41 Å². The molecule has 1 aromatic heterocycles. The summed E-state index contributed by atoms with van der Waals surface area (Å²) >= 11 is 0. The highest BCUT2D eigenvalue weighted by Gasteiger charge is 2.42. The van der Waals surface area contributed by atoms with Gasteiger partial charge in [0, 0.05) is 6.20 Å². The maximum absolute atomic E-state index is 8.83. The van der Waals surface area contributed by atoms with E-state index in [1.807, 2.05) is 6.07 Å². The molecule has 0 aliphatic carbocycles. The molecule has 4 nitrogen and oxygen atoms in total. The highest BCUT2D eigenvalue weighted by atomic mass is 16.5. The topological polar surface area (TPSA) is 61.7 Å². The van der Waals surface area contributed by atoms with Crippen molar-refractivity contribution in [2.75, 3.05) is 13.2 Å². The van der Waals surface area contributed by atoms with Crippen molar-refractivity contribution in [3.8, 4) is 6.07 Å². The molecule has 0 bridgehead atoms. The van der Waals surface area contributed by atoms with Crippen molar-refractivity contribution >= 4 is 0 Å². The first-order chi connectivity index (χ1) is 5.37. The van der Waals surface area contributed by atoms with Gasteiger partial charge >= 0.3 is 0 Å². The molecular formula is C7H7N3O. The van der Waals surface area contributed by atoms with Crippen LogP contribution < -0.4 is 0 Å². The molecule has 2 heterocycles. The second-order valence-electron chi connectivity index (χ2n) is 2.66. The number of nitriles is 1. The van der Waals surface area contributed by atoms with Gasteiger partial charge in [-0.2, -0.15) is 10.4 Å². The summed E-state index contributed by atoms with van der Waals surface area (Å²) in [6.07, 6.45) is 1.65. The molecule has 1 fully saturated rings. The number of hydrogen-bond acceptors (Lipinski definition) is 3. The Morgan fingerprint density at radius 1 is 1.73 bits per heavy atom. The van der Waals surface area contributed by atoms with E-state index in [4.69, 9.17) is 10.00 Å². The highest BCUT2D eigenvalue weighted by molar-refractivity contribution is 5.28. The highest BCUT2D eigenvalue weighted by Crippen LogP contribution is 2.29. The van der Waals surface area contributed by atoms with Gasteiger partial charge in [0.05, 0.1) is 25.0 Å². The Hall–Kier alpha value is -1.34. The molecule has 11 heavy (non-hydrogen) atoms. The largest absolute Gasteiger partial charge is 0.377 e. The number of rotatable bonds is 1. The monoisotopic (exact) mass is 149 g/mol. The molecule has 1 N–H and O–H groups in total. The number of nitrogens with one attached hydrogen (secondary N) is 1. The Labute approximate surface area is 63.8 Å². The zero-order valence-corrected chi connectivity index (χ0v) is 5.87. The molecule has 1 aromatic rings. The predicted molar refractivity (Wildman–Crippen MR) is 36.7 cm³/mol. The summed E-state index contributed by atoms with van der Waals surface area (Å²) in [6.45, 7) is 0.956. The maximum Gasteiger partial charge on any atom is 0.145 e. The van der Waals surface area contributed by atoms with Crippen LogP contribution in [0.2, 0.25) is 0 Å². The van der Waals surface area contributed by atoms with Crippen LogP contribution in [0.5, 0.6) is 0 Å². The lowest BCUT2D eigenvalue weighted by atomic mass is 9.84. The number of ether oxygens (including phenoxy) is 1. The smallest absolute Gasteiger partial charge is 0.145 e. The van der Waals surface area contributed by atoms with Crippen LogP contribution in [0, 0.1) is 11.3 Å². The molecule has 0 atom stereocenters. The summed E-state index contributed by atoms with van der Waals surface area (Å²) in [6, 6.07) is 4.03. The van der Waals surface area contributed by atoms with Crippen molar-refractivity contribution in [3.63, 3.8) is 0 Å². The molecule has 0 unspecified atom stereocenters. The van der Waals surface area contributed by atoms with Crippen molar-refractivity contribution < 1.29 is 4.74 Å². The second kappa shape index (κ2) is 2.07. The van der Waals surface area contributed by atoms with Crippen molar-refractivity contribution in [1.29, 1.82) is 5.26 Å². The molecule has 0 spiro atoms. The SMILES string of the molecule is N#CC1(c2ccn[nH]2)COC1. The third-order valence-corrected chi connectivity index (χ3v) is 1.93. The number of aromatic nitrogens is 2. The third-order valence-electron chi connectivity index (χ3n) is 1.93. The molecule has 1 aliphatic rings. The van der Waals surface area contributed by atoms with Gasteiger partial charge < -0.3 is 4.74 Å². The minimum atomic E-state index is -0.448. The van der Waals surface area contributed by atoms with Gasteiger partial charge in [0.1, 0.15) is 5.41 Å². The van der Waals surface area contributed by atoms with Crippen LogP contribution in [-0.4, -0.2) is 23.4 Å². The van der Waals surface area contributed by atoms with Crippen LogP contribution in [0.4, 0.5) is 0 Å². The number of hydrogen-bond donors (Lipinski definition) is 1. The molecule has 1 aliphatic heterocycles. The lowest BCUT2D eigenvalue weighted by Crippen LogP contribution is -2.45. The van der Waals surface area contributed by atoms with Gasteiger partial charge in [0.25, 0.3) is 0 Å². The third kappa shape index (κ3) is 0.748. The lowest BCUT2D eigenvalue weighted by Gasteiger charge is -2.33. The van der Waals surface area contributed by atoms with E-state index in [1.165, 1.54) is 0 Å². The van der Waals surface area contributed by atoms with Gasteiger partial charge in [-0.3, -0.25) is 5.10 Å². The van der Waals surface area contributed by atoms with E-state index in [-0.39, 0.29) is 0 Å². The second-order valence-corrected chi connectivity index (χ2v) is 2.66. The van der Waals surface area contributed by atoms with Crippen molar-refractivity contribution in [3.05, 3.63) is 18.0 Å². The molecule has 56 valence electrons. The van der Waals surface area contributed by atoms with Crippen LogP contribution in [-0.2, 0) is 10.2 Å². The average molecular weight is 149 g/mol. The van der Waals surface area contributed by atoms with E-state index in [0.29, 0.717) is 13.2 Å². The Balaban J connectivity index is 2.34. The molecule has 0 aromatic carbocycles. The average Bonchev–Trinajstić information content (AvgIpc) is 2.39. The molecule has 1 saturated heterocycles. The minimum Gasteiger partial charge on any atom is -0.377 e. The Kier molecular flexibility index (Phi) is 1.20. The Bertz CT molecular complexity index is 281. The standard InChI is InChI=1S/C7H7N3O/c8-3-7(4-11-5-7)6-1-2-9-10-6/h1-2H,4-5H2,(H,9,10). The van der Waals surface area contributed by atoms with Crippen molar-refractivity contribution in [1.82, 2.24) is 10.2 Å². The lowest BCUT2D eigenvalue weighted by molar-refractivity contribution is -0.0317. The summed E-state index contributed by atoms with van der Waals surface area (Å²) < 4.78 is 4.98. The normalized spacial score (nSPS) is 20.3. The Morgan fingerprint density at radius 3 is 2.91 bits per heavy atom. The van der Waals surface area contributed by atoms with Crippen LogP contribution >= 0.6 is 0 Å². The zero-order valence-electron chi connectivity index (χ0n) is 5.87. The fourth-order valence-electron chi connectivity index (χ4n) is 1.11. The van der Waals surface area contributed by atoms with E-state index >= 15 is 0 Å². The van der Waals surface area contributed by atoms with E-state index in [0.717, 1.165) is 5.69 Å². The fourth-order valence-corrected chi connectivity index (χ4v) is 1.11. The summed E-state index contributed by atoms with van der Waals surface area (Å²) in [4.78, 5) is 0. The molecular weight excluding hydrogens is 142 g/mol. The fraction of sp³-hybridized carbons (Fsp3) is 0.429. The van der Waals surface area contributed by atoms with Gasteiger partial charge in [-0.1, -0.05) is 0 Å². The molecule has 0 amide bonds. The van der Waals surface area contributed by atoms with Crippen LogP contribution in [0.3, 0.4) is 0 Å². The van der Waals surface area contributed by atoms with Gasteiger partial charge in [0.2, 0.25) is 0 Å². The Morgan fingerprint density at radius 2 is 2.55 bits per heavy atom. The number of aromatic amines is 1. The van der Waals surface area contributed by atoms with Crippen LogP contribution in [0.15, 0.2) is 12.3 Å². The molecule has 4 heteroatoms. The summed E-state index contributed by atoms with van der Waals surface area (Å²) in [5.41, 5.74) is 0.405. The summed E-state index contributed by atoms with van der Waals surface area (Å²) in [7, 11) is 0. The minimum absolute atomic E-state index is 0.448. The summed E-state index contributed by atoms with van der Waals surface area (Å²) in [5.74, 6) is 0. The van der Waals surface area contributed by atoms with E-state index in [2.05, 4.69) is 16.3 Å². The first kappa shape index (κ1) is 6.38. The quantitative estimate of drug-likeness (QED) is 0.620. The van der Waals surface area contributed by atoms with Crippen LogP contribution in [0.1, 0.15) is 5.69 Å². The van der Waals surface area contributed by atoms with Gasteiger partial charge in [-0.15, -0.1) is 0 Å².